The number of Topliss-reactive ketones (excluding diaryl/α,β-unsaturated/α-hetero) is 1. The highest BCUT2D eigenvalue weighted by Gasteiger charge is 2.52. The Morgan fingerprint density at radius 1 is 0.475 bits per heavy atom. The summed E-state index contributed by atoms with van der Waals surface area (Å²) in [6, 6.07) is 71.6. The largest absolute Gasteiger partial charge is 0.455 e. The molecular formula is C58H39NO2. The number of rotatable bonds is 6. The molecule has 2 aliphatic carbocycles. The van der Waals surface area contributed by atoms with E-state index in [0.717, 1.165) is 66.8 Å². The van der Waals surface area contributed by atoms with Gasteiger partial charge in [0.05, 0.1) is 11.1 Å². The molecule has 61 heavy (non-hydrogen) atoms. The Kier molecular flexibility index (Phi) is 7.73. The Bertz CT molecular complexity index is 3380. The van der Waals surface area contributed by atoms with Gasteiger partial charge in [0, 0.05) is 38.8 Å². The highest BCUT2D eigenvalue weighted by molar-refractivity contribution is 6.10. The van der Waals surface area contributed by atoms with Gasteiger partial charge in [-0.05, 0) is 111 Å². The lowest BCUT2D eigenvalue weighted by Crippen LogP contribution is -2.26. The third kappa shape index (κ3) is 5.01. The molecule has 0 N–H and O–H groups in total. The van der Waals surface area contributed by atoms with Crippen molar-refractivity contribution in [3.8, 4) is 44.5 Å². The van der Waals surface area contributed by atoms with Crippen LogP contribution in [0.1, 0.15) is 45.1 Å². The number of carbonyl (C=O) groups is 1. The summed E-state index contributed by atoms with van der Waals surface area (Å²) < 4.78 is 6.48. The second-order valence-electron chi connectivity index (χ2n) is 16.4. The Morgan fingerprint density at radius 3 is 1.75 bits per heavy atom. The fourth-order valence-electron chi connectivity index (χ4n) is 10.6. The number of aryl methyl sites for hydroxylation is 1. The first kappa shape index (κ1) is 35.2. The number of hydrogen-bond acceptors (Lipinski definition) is 3. The van der Waals surface area contributed by atoms with Crippen LogP contribution in [0.3, 0.4) is 0 Å². The van der Waals surface area contributed by atoms with Crippen molar-refractivity contribution in [2.24, 2.45) is 0 Å². The molecule has 12 rings (SSSR count). The van der Waals surface area contributed by atoms with Crippen LogP contribution in [0.15, 0.2) is 205 Å². The van der Waals surface area contributed by atoms with Gasteiger partial charge >= 0.3 is 0 Å². The predicted octanol–water partition coefficient (Wildman–Crippen LogP) is 15.2. The Balaban J connectivity index is 1.10. The van der Waals surface area contributed by atoms with E-state index in [1.807, 2.05) is 24.3 Å². The fourth-order valence-corrected chi connectivity index (χ4v) is 10.6. The van der Waals surface area contributed by atoms with Gasteiger partial charge in [-0.3, -0.25) is 4.79 Å². The quantitative estimate of drug-likeness (QED) is 0.158. The van der Waals surface area contributed by atoms with Gasteiger partial charge in [0.15, 0.2) is 5.78 Å². The molecule has 10 aromatic rings. The Morgan fingerprint density at radius 2 is 1.03 bits per heavy atom. The molecule has 1 aromatic heterocycles. The van der Waals surface area contributed by atoms with Crippen LogP contribution in [0, 0.1) is 6.92 Å². The number of para-hydroxylation sites is 2. The molecule has 0 amide bonds. The van der Waals surface area contributed by atoms with Crippen molar-refractivity contribution in [2.75, 3.05) is 4.90 Å². The summed E-state index contributed by atoms with van der Waals surface area (Å²) in [5, 5.41) is 2.22. The summed E-state index contributed by atoms with van der Waals surface area (Å²) in [4.78, 5) is 16.0. The molecule has 0 atom stereocenters. The first-order chi connectivity index (χ1) is 30.0. The summed E-state index contributed by atoms with van der Waals surface area (Å²) in [5.41, 5.74) is 20.2. The number of hydrogen-bond donors (Lipinski definition) is 0. The molecule has 1 heterocycles. The lowest BCUT2D eigenvalue weighted by molar-refractivity contribution is 0.101. The van der Waals surface area contributed by atoms with Crippen molar-refractivity contribution in [1.82, 2.24) is 0 Å². The van der Waals surface area contributed by atoms with Gasteiger partial charge in [0.25, 0.3) is 0 Å². The Labute approximate surface area is 354 Å². The summed E-state index contributed by atoms with van der Waals surface area (Å²) in [5.74, 6) is 0.0242. The third-order valence-electron chi connectivity index (χ3n) is 13.2. The first-order valence-corrected chi connectivity index (χ1v) is 21.0. The van der Waals surface area contributed by atoms with E-state index in [2.05, 4.69) is 188 Å². The molecule has 9 aromatic carbocycles. The van der Waals surface area contributed by atoms with Gasteiger partial charge in [0.2, 0.25) is 0 Å². The maximum absolute atomic E-state index is 13.7. The molecule has 0 aliphatic heterocycles. The van der Waals surface area contributed by atoms with Gasteiger partial charge in [-0.2, -0.15) is 0 Å². The van der Waals surface area contributed by atoms with Gasteiger partial charge in [-0.1, -0.05) is 164 Å². The maximum Gasteiger partial charge on any atom is 0.160 e. The topological polar surface area (TPSA) is 33.5 Å². The SMILES string of the molecule is CC(=O)c1cc(N(c2ccc(-c3cccc4c3oc3ccccc34)cc2)c2cccc3c2-c2ccccc2C32c3ccccc3-c3ccccc32)ccc1-c1ccccc1C. The van der Waals surface area contributed by atoms with Crippen molar-refractivity contribution < 1.29 is 9.21 Å². The van der Waals surface area contributed by atoms with E-state index in [-0.39, 0.29) is 5.78 Å². The second-order valence-corrected chi connectivity index (χ2v) is 16.4. The molecule has 0 radical (unpaired) electrons. The fraction of sp³-hybridized carbons (Fsp3) is 0.0517. The van der Waals surface area contributed by atoms with E-state index < -0.39 is 5.41 Å². The molecule has 0 bridgehead atoms. The average Bonchev–Trinajstić information content (AvgIpc) is 3.94. The molecule has 0 unspecified atom stereocenters. The van der Waals surface area contributed by atoms with Crippen LogP contribution < -0.4 is 4.90 Å². The van der Waals surface area contributed by atoms with Crippen molar-refractivity contribution >= 4 is 44.8 Å². The zero-order chi connectivity index (χ0) is 40.8. The van der Waals surface area contributed by atoms with Crippen LogP contribution in [0.25, 0.3) is 66.4 Å². The van der Waals surface area contributed by atoms with Crippen LogP contribution in [0.4, 0.5) is 17.1 Å². The van der Waals surface area contributed by atoms with Gasteiger partial charge in [-0.15, -0.1) is 0 Å². The van der Waals surface area contributed by atoms with Crippen LogP contribution in [0.2, 0.25) is 0 Å². The van der Waals surface area contributed by atoms with E-state index in [1.54, 1.807) is 6.92 Å². The minimum atomic E-state index is -0.491. The normalized spacial score (nSPS) is 13.0. The zero-order valence-corrected chi connectivity index (χ0v) is 33.8. The first-order valence-electron chi connectivity index (χ1n) is 21.0. The van der Waals surface area contributed by atoms with Crippen LogP contribution in [0.5, 0.6) is 0 Å². The number of ketones is 1. The van der Waals surface area contributed by atoms with E-state index in [1.165, 1.54) is 44.5 Å². The lowest BCUT2D eigenvalue weighted by atomic mass is 9.70. The summed E-state index contributed by atoms with van der Waals surface area (Å²) in [6.45, 7) is 3.78. The highest BCUT2D eigenvalue weighted by atomic mass is 16.3. The monoisotopic (exact) mass is 781 g/mol. The van der Waals surface area contributed by atoms with Crippen molar-refractivity contribution in [1.29, 1.82) is 0 Å². The predicted molar refractivity (Wildman–Crippen MR) is 250 cm³/mol. The average molecular weight is 782 g/mol. The number of furan rings is 1. The second kappa shape index (κ2) is 13.4. The number of anilines is 3. The molecule has 0 fully saturated rings. The van der Waals surface area contributed by atoms with E-state index >= 15 is 0 Å². The minimum Gasteiger partial charge on any atom is -0.455 e. The molecule has 1 spiro atoms. The number of benzene rings is 9. The van der Waals surface area contributed by atoms with Crippen molar-refractivity contribution in [3.63, 3.8) is 0 Å². The standard InChI is InChI=1S/C58H39NO2/c1-36-15-3-4-16-41(36)43-34-33-40(35-49(43)37(2)60)59(39-31-29-38(30-32-39)42-21-13-22-47-46-19-8-12-28-55(46)61-57(42)47)54-27-14-26-53-56(54)48-20-7-11-25-52(48)58(53)50-23-9-5-17-44(50)45-18-6-10-24-51(45)58/h3-35H,1-2H3. The summed E-state index contributed by atoms with van der Waals surface area (Å²) in [6.07, 6.45) is 0. The van der Waals surface area contributed by atoms with E-state index in [0.29, 0.717) is 5.56 Å². The molecular weight excluding hydrogens is 743 g/mol. The number of nitrogens with zero attached hydrogens (tertiary/aromatic N) is 1. The molecule has 3 heteroatoms. The smallest absolute Gasteiger partial charge is 0.160 e. The van der Waals surface area contributed by atoms with Crippen LogP contribution >= 0.6 is 0 Å². The molecule has 0 saturated carbocycles. The molecule has 288 valence electrons. The van der Waals surface area contributed by atoms with Gasteiger partial charge in [0.1, 0.15) is 11.2 Å². The minimum absolute atomic E-state index is 0.0242. The van der Waals surface area contributed by atoms with Crippen molar-refractivity contribution in [2.45, 2.75) is 19.3 Å². The van der Waals surface area contributed by atoms with Crippen molar-refractivity contribution in [3.05, 3.63) is 234 Å². The van der Waals surface area contributed by atoms with E-state index in [4.69, 9.17) is 4.42 Å². The molecule has 2 aliphatic rings. The maximum atomic E-state index is 13.7. The van der Waals surface area contributed by atoms with Gasteiger partial charge in [-0.25, -0.2) is 0 Å². The summed E-state index contributed by atoms with van der Waals surface area (Å²) in [7, 11) is 0. The Hall–Kier alpha value is -7.75. The highest BCUT2D eigenvalue weighted by Crippen LogP contribution is 2.64. The summed E-state index contributed by atoms with van der Waals surface area (Å²) >= 11 is 0. The van der Waals surface area contributed by atoms with Crippen LogP contribution in [-0.2, 0) is 5.41 Å². The van der Waals surface area contributed by atoms with Crippen LogP contribution in [-0.4, -0.2) is 5.78 Å². The van der Waals surface area contributed by atoms with Gasteiger partial charge < -0.3 is 9.32 Å². The number of carbonyl (C=O) groups excluding carboxylic acids is 1. The number of fused-ring (bicyclic) bond motifs is 13. The third-order valence-corrected chi connectivity index (χ3v) is 13.2. The molecule has 0 saturated heterocycles. The van der Waals surface area contributed by atoms with E-state index in [9.17, 15) is 4.79 Å². The lowest BCUT2D eigenvalue weighted by Gasteiger charge is -2.32. The zero-order valence-electron chi connectivity index (χ0n) is 33.8. The molecule has 3 nitrogen and oxygen atoms in total.